The van der Waals surface area contributed by atoms with Crippen LogP contribution in [0.4, 0.5) is 11.4 Å². The van der Waals surface area contributed by atoms with E-state index in [1.807, 2.05) is 0 Å². The Morgan fingerprint density at radius 1 is 1.14 bits per heavy atom. The number of carbonyl (C=O) groups excluding carboxylic acids is 2. The largest absolute Gasteiger partial charge is 0.475 e. The number of carbonyl (C=O) groups is 3. The summed E-state index contributed by atoms with van der Waals surface area (Å²) >= 11 is 0. The van der Waals surface area contributed by atoms with Crippen LogP contribution in [0, 0.1) is 0 Å². The maximum Gasteiger partial charge on any atom is 0.371 e. The summed E-state index contributed by atoms with van der Waals surface area (Å²) in [5, 5.41) is 11.5. The molecule has 2 N–H and O–H groups in total. The third kappa shape index (κ3) is 2.25. The lowest BCUT2D eigenvalue weighted by Crippen LogP contribution is -2.42. The number of carboxylic acids is 1. The molecule has 0 saturated heterocycles. The van der Waals surface area contributed by atoms with Gasteiger partial charge in [-0.15, -0.1) is 0 Å². The van der Waals surface area contributed by atoms with Crippen LogP contribution in [0.2, 0.25) is 0 Å². The van der Waals surface area contributed by atoms with Gasteiger partial charge in [0, 0.05) is 0 Å². The Labute approximate surface area is 118 Å². The highest BCUT2D eigenvalue weighted by atomic mass is 16.4. The van der Waals surface area contributed by atoms with Crippen molar-refractivity contribution in [3.63, 3.8) is 0 Å². The number of para-hydroxylation sites is 2. The molecule has 0 unspecified atom stereocenters. The highest BCUT2D eigenvalue weighted by Crippen LogP contribution is 2.30. The first-order valence-corrected chi connectivity index (χ1v) is 6.10. The van der Waals surface area contributed by atoms with E-state index in [0.717, 1.165) is 0 Å². The van der Waals surface area contributed by atoms with E-state index in [9.17, 15) is 14.4 Å². The van der Waals surface area contributed by atoms with Crippen LogP contribution in [-0.4, -0.2) is 29.4 Å². The molecule has 0 fully saturated rings. The second-order valence-corrected chi connectivity index (χ2v) is 4.43. The van der Waals surface area contributed by atoms with Crippen molar-refractivity contribution in [2.45, 2.75) is 0 Å². The Morgan fingerprint density at radius 3 is 2.57 bits per heavy atom. The van der Waals surface area contributed by atoms with E-state index >= 15 is 0 Å². The molecule has 0 atom stereocenters. The lowest BCUT2D eigenvalue weighted by atomic mass is 10.2. The lowest BCUT2D eigenvalue weighted by molar-refractivity contribution is -0.115. The minimum Gasteiger partial charge on any atom is -0.475 e. The molecule has 0 saturated carbocycles. The van der Waals surface area contributed by atoms with E-state index in [4.69, 9.17) is 9.52 Å². The van der Waals surface area contributed by atoms with Gasteiger partial charge in [0.2, 0.25) is 11.7 Å². The van der Waals surface area contributed by atoms with Crippen molar-refractivity contribution in [2.75, 3.05) is 16.8 Å². The predicted molar refractivity (Wildman–Crippen MR) is 72.4 cm³/mol. The zero-order chi connectivity index (χ0) is 15.0. The van der Waals surface area contributed by atoms with Crippen LogP contribution >= 0.6 is 0 Å². The lowest BCUT2D eigenvalue weighted by Gasteiger charge is -2.28. The standard InChI is InChI=1S/C14H10N2O5/c17-12-7-16(9-4-2-1-3-8(9)15-12)13(18)10-5-6-11(21-10)14(19)20/h1-6H,7H2,(H,15,17)(H,19,20). The molecule has 0 spiro atoms. The normalized spacial score (nSPS) is 13.5. The van der Waals surface area contributed by atoms with Crippen LogP contribution < -0.4 is 10.2 Å². The number of amides is 2. The summed E-state index contributed by atoms with van der Waals surface area (Å²) in [4.78, 5) is 36.1. The molecule has 21 heavy (non-hydrogen) atoms. The van der Waals surface area contributed by atoms with E-state index in [0.29, 0.717) is 11.4 Å². The molecule has 7 nitrogen and oxygen atoms in total. The Bertz CT molecular complexity index is 749. The highest BCUT2D eigenvalue weighted by molar-refractivity contribution is 6.14. The van der Waals surface area contributed by atoms with Gasteiger partial charge in [0.1, 0.15) is 6.54 Å². The summed E-state index contributed by atoms with van der Waals surface area (Å²) in [6.45, 7) is -0.154. The van der Waals surface area contributed by atoms with E-state index in [1.54, 1.807) is 24.3 Å². The molecular formula is C14H10N2O5. The smallest absolute Gasteiger partial charge is 0.371 e. The molecule has 1 aromatic heterocycles. The van der Waals surface area contributed by atoms with Crippen LogP contribution in [0.1, 0.15) is 21.1 Å². The third-order valence-corrected chi connectivity index (χ3v) is 3.04. The van der Waals surface area contributed by atoms with Crippen molar-refractivity contribution < 1.29 is 23.9 Å². The van der Waals surface area contributed by atoms with Crippen molar-refractivity contribution in [1.29, 1.82) is 0 Å². The minimum absolute atomic E-state index is 0.128. The van der Waals surface area contributed by atoms with E-state index in [1.165, 1.54) is 17.0 Å². The molecule has 106 valence electrons. The summed E-state index contributed by atoms with van der Waals surface area (Å²) in [5.41, 5.74) is 1.06. The highest BCUT2D eigenvalue weighted by Gasteiger charge is 2.29. The fourth-order valence-corrected chi connectivity index (χ4v) is 2.12. The second kappa shape index (κ2) is 4.78. The second-order valence-electron chi connectivity index (χ2n) is 4.43. The summed E-state index contributed by atoms with van der Waals surface area (Å²) in [6, 6.07) is 9.32. The van der Waals surface area contributed by atoms with Crippen LogP contribution in [0.15, 0.2) is 40.8 Å². The number of hydrogen-bond acceptors (Lipinski definition) is 4. The number of carboxylic acid groups (broad SMARTS) is 1. The zero-order valence-corrected chi connectivity index (χ0v) is 10.7. The molecule has 7 heteroatoms. The van der Waals surface area contributed by atoms with Crippen LogP contribution in [0.3, 0.4) is 0 Å². The van der Waals surface area contributed by atoms with Crippen molar-refractivity contribution in [3.05, 3.63) is 47.9 Å². The Balaban J connectivity index is 1.97. The molecule has 2 aromatic rings. The van der Waals surface area contributed by atoms with Crippen LogP contribution in [0.5, 0.6) is 0 Å². The van der Waals surface area contributed by atoms with E-state index < -0.39 is 11.9 Å². The number of benzene rings is 1. The third-order valence-electron chi connectivity index (χ3n) is 3.04. The number of fused-ring (bicyclic) bond motifs is 1. The monoisotopic (exact) mass is 286 g/mol. The Kier molecular flexibility index (Phi) is 2.94. The average molecular weight is 286 g/mol. The van der Waals surface area contributed by atoms with Gasteiger partial charge < -0.3 is 14.8 Å². The first-order valence-electron chi connectivity index (χ1n) is 6.10. The molecule has 0 radical (unpaired) electrons. The Morgan fingerprint density at radius 2 is 1.86 bits per heavy atom. The van der Waals surface area contributed by atoms with Crippen molar-refractivity contribution >= 4 is 29.2 Å². The van der Waals surface area contributed by atoms with E-state index in [-0.39, 0.29) is 24.0 Å². The summed E-state index contributed by atoms with van der Waals surface area (Å²) < 4.78 is 4.99. The minimum atomic E-state index is -1.26. The maximum atomic E-state index is 12.4. The fourth-order valence-electron chi connectivity index (χ4n) is 2.12. The summed E-state index contributed by atoms with van der Waals surface area (Å²) in [5.74, 6) is -2.60. The molecule has 1 aliphatic heterocycles. The van der Waals surface area contributed by atoms with Gasteiger partial charge >= 0.3 is 5.97 Å². The van der Waals surface area contributed by atoms with Gasteiger partial charge in [0.15, 0.2) is 5.76 Å². The molecule has 0 aliphatic carbocycles. The number of rotatable bonds is 2. The maximum absolute atomic E-state index is 12.4. The number of hydrogen-bond donors (Lipinski definition) is 2. The van der Waals surface area contributed by atoms with Gasteiger partial charge in [-0.1, -0.05) is 12.1 Å². The zero-order valence-electron chi connectivity index (χ0n) is 10.7. The van der Waals surface area contributed by atoms with Crippen LogP contribution in [-0.2, 0) is 4.79 Å². The number of nitrogens with one attached hydrogen (secondary N) is 1. The number of aromatic carboxylic acids is 1. The number of anilines is 2. The number of furan rings is 1. The molecule has 2 amide bonds. The van der Waals surface area contributed by atoms with Gasteiger partial charge in [0.25, 0.3) is 5.91 Å². The predicted octanol–water partition coefficient (Wildman–Crippen LogP) is 1.58. The SMILES string of the molecule is O=C1CN(C(=O)c2ccc(C(=O)O)o2)c2ccccc2N1. The van der Waals surface area contributed by atoms with Gasteiger partial charge in [-0.2, -0.15) is 0 Å². The molecule has 1 aromatic carbocycles. The van der Waals surface area contributed by atoms with Gasteiger partial charge in [0.05, 0.1) is 11.4 Å². The first kappa shape index (κ1) is 12.9. The van der Waals surface area contributed by atoms with Crippen molar-refractivity contribution in [2.24, 2.45) is 0 Å². The van der Waals surface area contributed by atoms with Gasteiger partial charge in [-0.25, -0.2) is 4.79 Å². The van der Waals surface area contributed by atoms with Gasteiger partial charge in [-0.3, -0.25) is 14.5 Å². The first-order chi connectivity index (χ1) is 10.1. The topological polar surface area (TPSA) is 99.9 Å². The average Bonchev–Trinajstić information content (AvgIpc) is 2.95. The van der Waals surface area contributed by atoms with Crippen molar-refractivity contribution in [1.82, 2.24) is 0 Å². The molecule has 0 bridgehead atoms. The number of nitrogens with zero attached hydrogens (tertiary/aromatic N) is 1. The van der Waals surface area contributed by atoms with Crippen LogP contribution in [0.25, 0.3) is 0 Å². The Hall–Kier alpha value is -3.09. The van der Waals surface area contributed by atoms with E-state index in [2.05, 4.69) is 5.32 Å². The van der Waals surface area contributed by atoms with Crippen molar-refractivity contribution in [3.8, 4) is 0 Å². The summed E-state index contributed by atoms with van der Waals surface area (Å²) in [6.07, 6.45) is 0. The molecule has 1 aliphatic rings. The molecular weight excluding hydrogens is 276 g/mol. The summed E-state index contributed by atoms with van der Waals surface area (Å²) in [7, 11) is 0. The quantitative estimate of drug-likeness (QED) is 0.873. The molecule has 2 heterocycles. The molecule has 3 rings (SSSR count). The van der Waals surface area contributed by atoms with Gasteiger partial charge in [-0.05, 0) is 24.3 Å². The fraction of sp³-hybridized carbons (Fsp3) is 0.0714.